The molecule has 29 heavy (non-hydrogen) atoms. The zero-order chi connectivity index (χ0) is 21.2. The summed E-state index contributed by atoms with van der Waals surface area (Å²) in [5.74, 6) is -1.12. The SMILES string of the molecule is CCc1ccc(-n2c(Br)nnc2SC(C)(C)C(=O)CCC(=O)O)c2ccccc12. The second kappa shape index (κ2) is 8.67. The van der Waals surface area contributed by atoms with Crippen LogP contribution in [0.5, 0.6) is 0 Å². The lowest BCUT2D eigenvalue weighted by Gasteiger charge is -2.22. The van der Waals surface area contributed by atoms with E-state index in [2.05, 4.69) is 51.3 Å². The van der Waals surface area contributed by atoms with E-state index in [-0.39, 0.29) is 18.6 Å². The maximum atomic E-state index is 12.6. The summed E-state index contributed by atoms with van der Waals surface area (Å²) in [6.45, 7) is 5.70. The molecule has 0 fully saturated rings. The van der Waals surface area contributed by atoms with Crippen molar-refractivity contribution in [3.05, 3.63) is 46.7 Å². The number of Topliss-reactive ketones (excluding diaryl/α,β-unsaturated/α-hetero) is 1. The van der Waals surface area contributed by atoms with Gasteiger partial charge in [0.1, 0.15) is 5.78 Å². The second-order valence-corrected chi connectivity index (χ2v) is 9.46. The molecule has 0 unspecified atom stereocenters. The van der Waals surface area contributed by atoms with Gasteiger partial charge < -0.3 is 5.11 Å². The Kier molecular flexibility index (Phi) is 6.43. The molecule has 0 amide bonds. The Morgan fingerprint density at radius 3 is 2.45 bits per heavy atom. The Hall–Kier alpha value is -2.19. The van der Waals surface area contributed by atoms with Gasteiger partial charge in [0.15, 0.2) is 5.16 Å². The quantitative estimate of drug-likeness (QED) is 0.458. The highest BCUT2D eigenvalue weighted by Crippen LogP contribution is 2.37. The summed E-state index contributed by atoms with van der Waals surface area (Å²) in [4.78, 5) is 23.4. The Balaban J connectivity index is 2.02. The summed E-state index contributed by atoms with van der Waals surface area (Å²) in [6, 6.07) is 12.3. The minimum absolute atomic E-state index is 0.0151. The summed E-state index contributed by atoms with van der Waals surface area (Å²) in [7, 11) is 0. The number of rotatable bonds is 8. The number of aryl methyl sites for hydroxylation is 1. The molecule has 0 atom stereocenters. The van der Waals surface area contributed by atoms with Crippen molar-refractivity contribution in [1.82, 2.24) is 14.8 Å². The summed E-state index contributed by atoms with van der Waals surface area (Å²) in [5.41, 5.74) is 2.18. The molecule has 6 nitrogen and oxygen atoms in total. The molecule has 0 aliphatic carbocycles. The van der Waals surface area contributed by atoms with Gasteiger partial charge in [-0.2, -0.15) is 0 Å². The van der Waals surface area contributed by atoms with Crippen molar-refractivity contribution in [2.45, 2.75) is 49.9 Å². The molecule has 0 radical (unpaired) electrons. The van der Waals surface area contributed by atoms with Crippen molar-refractivity contribution < 1.29 is 14.7 Å². The van der Waals surface area contributed by atoms with E-state index in [1.165, 1.54) is 22.7 Å². The van der Waals surface area contributed by atoms with Gasteiger partial charge in [-0.25, -0.2) is 0 Å². The molecule has 2 aromatic carbocycles. The van der Waals surface area contributed by atoms with Gasteiger partial charge in [0.05, 0.1) is 16.9 Å². The Morgan fingerprint density at radius 1 is 1.10 bits per heavy atom. The van der Waals surface area contributed by atoms with Gasteiger partial charge in [0.25, 0.3) is 0 Å². The van der Waals surface area contributed by atoms with E-state index in [4.69, 9.17) is 5.11 Å². The summed E-state index contributed by atoms with van der Waals surface area (Å²) < 4.78 is 1.60. The number of aliphatic carboxylic acids is 1. The van der Waals surface area contributed by atoms with Gasteiger partial charge in [-0.1, -0.05) is 49.0 Å². The lowest BCUT2D eigenvalue weighted by Crippen LogP contribution is -2.28. The normalized spacial score (nSPS) is 11.7. The molecule has 3 aromatic rings. The van der Waals surface area contributed by atoms with Gasteiger partial charge in [-0.05, 0) is 53.2 Å². The highest BCUT2D eigenvalue weighted by atomic mass is 79.9. The molecule has 1 heterocycles. The van der Waals surface area contributed by atoms with E-state index >= 15 is 0 Å². The van der Waals surface area contributed by atoms with Crippen molar-refractivity contribution in [3.63, 3.8) is 0 Å². The molecule has 0 saturated heterocycles. The lowest BCUT2D eigenvalue weighted by molar-refractivity contribution is -0.138. The smallest absolute Gasteiger partial charge is 0.303 e. The van der Waals surface area contributed by atoms with Crippen LogP contribution in [0.25, 0.3) is 16.5 Å². The number of benzene rings is 2. The average molecular weight is 476 g/mol. The maximum Gasteiger partial charge on any atom is 0.303 e. The first-order valence-corrected chi connectivity index (χ1v) is 10.9. The highest BCUT2D eigenvalue weighted by molar-refractivity contribution is 9.10. The van der Waals surface area contributed by atoms with Crippen molar-refractivity contribution >= 4 is 50.2 Å². The van der Waals surface area contributed by atoms with E-state index in [1.807, 2.05) is 22.8 Å². The largest absolute Gasteiger partial charge is 0.481 e. The van der Waals surface area contributed by atoms with Crippen molar-refractivity contribution in [2.24, 2.45) is 0 Å². The number of halogens is 1. The van der Waals surface area contributed by atoms with E-state index < -0.39 is 10.7 Å². The minimum atomic E-state index is -0.979. The number of aromatic nitrogens is 3. The predicted molar refractivity (Wildman–Crippen MR) is 118 cm³/mol. The summed E-state index contributed by atoms with van der Waals surface area (Å²) >= 11 is 4.77. The maximum absolute atomic E-state index is 12.6. The molecule has 1 N–H and O–H groups in total. The fourth-order valence-electron chi connectivity index (χ4n) is 3.18. The number of ketones is 1. The molecule has 0 saturated carbocycles. The first-order valence-electron chi connectivity index (χ1n) is 9.30. The Bertz CT molecular complexity index is 1080. The zero-order valence-electron chi connectivity index (χ0n) is 16.5. The third-order valence-corrected chi connectivity index (χ3v) is 6.49. The van der Waals surface area contributed by atoms with Crippen LogP contribution in [0.15, 0.2) is 46.3 Å². The fraction of sp³-hybridized carbons (Fsp3) is 0.333. The van der Waals surface area contributed by atoms with Crippen LogP contribution < -0.4 is 0 Å². The average Bonchev–Trinajstić information content (AvgIpc) is 3.04. The molecule has 0 aliphatic heterocycles. The summed E-state index contributed by atoms with van der Waals surface area (Å²) in [6.07, 6.45) is 0.734. The van der Waals surface area contributed by atoms with E-state index in [9.17, 15) is 9.59 Å². The Labute approximate surface area is 181 Å². The monoisotopic (exact) mass is 475 g/mol. The topological polar surface area (TPSA) is 85.1 Å². The number of carboxylic acids is 1. The van der Waals surface area contributed by atoms with E-state index in [1.54, 1.807) is 13.8 Å². The molecule has 3 rings (SSSR count). The molecule has 0 bridgehead atoms. The lowest BCUT2D eigenvalue weighted by atomic mass is 10.0. The van der Waals surface area contributed by atoms with Gasteiger partial charge >= 0.3 is 5.97 Å². The van der Waals surface area contributed by atoms with Crippen LogP contribution in [-0.2, 0) is 16.0 Å². The molecule has 1 aromatic heterocycles. The van der Waals surface area contributed by atoms with Crippen LogP contribution in [0.1, 0.15) is 39.2 Å². The van der Waals surface area contributed by atoms with Crippen molar-refractivity contribution in [2.75, 3.05) is 0 Å². The molecular formula is C21H22BrN3O3S. The third kappa shape index (κ3) is 4.53. The number of thioether (sulfide) groups is 1. The van der Waals surface area contributed by atoms with Gasteiger partial charge in [-0.15, -0.1) is 10.2 Å². The minimum Gasteiger partial charge on any atom is -0.481 e. The van der Waals surface area contributed by atoms with Crippen LogP contribution in [0, 0.1) is 0 Å². The predicted octanol–water partition coefficient (Wildman–Crippen LogP) is 5.05. The number of hydrogen-bond donors (Lipinski definition) is 1. The van der Waals surface area contributed by atoms with Crippen molar-refractivity contribution in [1.29, 1.82) is 0 Å². The molecule has 0 aliphatic rings. The Morgan fingerprint density at radius 2 is 1.79 bits per heavy atom. The van der Waals surface area contributed by atoms with Crippen molar-refractivity contribution in [3.8, 4) is 5.69 Å². The number of nitrogens with zero attached hydrogens (tertiary/aromatic N) is 3. The zero-order valence-corrected chi connectivity index (χ0v) is 18.9. The van der Waals surface area contributed by atoms with Gasteiger partial charge in [0, 0.05) is 11.8 Å². The van der Waals surface area contributed by atoms with Crippen LogP contribution >= 0.6 is 27.7 Å². The van der Waals surface area contributed by atoms with Crippen LogP contribution in [0.2, 0.25) is 0 Å². The highest BCUT2D eigenvalue weighted by Gasteiger charge is 2.32. The third-order valence-electron chi connectivity index (χ3n) is 4.79. The molecule has 0 spiro atoms. The van der Waals surface area contributed by atoms with Crippen LogP contribution in [0.4, 0.5) is 0 Å². The van der Waals surface area contributed by atoms with Gasteiger partial charge in [0.2, 0.25) is 4.73 Å². The second-order valence-electron chi connectivity index (χ2n) is 7.16. The fourth-order valence-corrected chi connectivity index (χ4v) is 4.76. The standard InChI is InChI=1S/C21H22BrN3O3S/c1-4-13-9-10-16(15-8-6-5-7-14(13)15)25-19(22)23-24-20(25)29-21(2,3)17(26)11-12-18(27)28/h5-10H,4,11-12H2,1-3H3,(H,27,28). The molecular weight excluding hydrogens is 454 g/mol. The number of fused-ring (bicyclic) bond motifs is 1. The molecule has 152 valence electrons. The first-order chi connectivity index (χ1) is 13.7. The number of carbonyl (C=O) groups excluding carboxylic acids is 1. The first kappa shape index (κ1) is 21.5. The number of carbonyl (C=O) groups is 2. The number of carboxylic acid groups (broad SMARTS) is 1. The van der Waals surface area contributed by atoms with Crippen LogP contribution in [-0.4, -0.2) is 36.4 Å². The molecule has 8 heteroatoms. The van der Waals surface area contributed by atoms with Gasteiger partial charge in [-0.3, -0.25) is 14.2 Å². The number of hydrogen-bond acceptors (Lipinski definition) is 5. The van der Waals surface area contributed by atoms with E-state index in [0.717, 1.165) is 17.5 Å². The van der Waals surface area contributed by atoms with Crippen LogP contribution in [0.3, 0.4) is 0 Å². The van der Waals surface area contributed by atoms with E-state index in [0.29, 0.717) is 9.89 Å². The summed E-state index contributed by atoms with van der Waals surface area (Å²) in [5, 5.41) is 20.1.